The van der Waals surface area contributed by atoms with Crippen LogP contribution in [0.5, 0.6) is 5.75 Å². The predicted octanol–water partition coefficient (Wildman–Crippen LogP) is 5.47. The first-order chi connectivity index (χ1) is 19.2. The van der Waals surface area contributed by atoms with Crippen LogP contribution >= 0.6 is 0 Å². The van der Waals surface area contributed by atoms with Gasteiger partial charge in [-0.2, -0.15) is 8.78 Å². The average Bonchev–Trinajstić information content (AvgIpc) is 3.31. The minimum Gasteiger partial charge on any atom is -0.406 e. The SMILES string of the molecule is Cc1nc(C(C)(F)F)cn1-c1ccc(-c2cccc([SH](=O)=O)c2)cc1N(N)/C(=C\N)c1ccc(OC(F)(F)F)cc1. The highest BCUT2D eigenvalue weighted by atomic mass is 32.2. The Balaban J connectivity index is 1.86. The smallest absolute Gasteiger partial charge is 0.406 e. The number of ether oxygens (including phenoxy) is 1. The number of imidazole rings is 1. The third-order valence-corrected chi connectivity index (χ3v) is 6.72. The summed E-state index contributed by atoms with van der Waals surface area (Å²) in [6.07, 6.45) is -2.58. The number of benzene rings is 3. The molecule has 0 amide bonds. The van der Waals surface area contributed by atoms with Crippen molar-refractivity contribution in [2.45, 2.75) is 31.0 Å². The Morgan fingerprint density at radius 2 is 1.66 bits per heavy atom. The number of nitrogens with two attached hydrogens (primary N) is 2. The van der Waals surface area contributed by atoms with E-state index < -0.39 is 34.4 Å². The molecule has 4 rings (SSSR count). The van der Waals surface area contributed by atoms with Crippen LogP contribution in [-0.4, -0.2) is 24.3 Å². The lowest BCUT2D eigenvalue weighted by Gasteiger charge is -2.26. The lowest BCUT2D eigenvalue weighted by atomic mass is 10.0. The third-order valence-electron chi connectivity index (χ3n) is 6.02. The van der Waals surface area contributed by atoms with Gasteiger partial charge in [-0.25, -0.2) is 19.2 Å². The first-order valence-electron chi connectivity index (χ1n) is 11.8. The van der Waals surface area contributed by atoms with E-state index in [-0.39, 0.29) is 22.1 Å². The van der Waals surface area contributed by atoms with Crippen LogP contribution in [0.3, 0.4) is 0 Å². The van der Waals surface area contributed by atoms with Crippen molar-refractivity contribution in [1.82, 2.24) is 9.55 Å². The molecule has 14 heteroatoms. The molecule has 3 aromatic carbocycles. The average molecular weight is 594 g/mol. The molecule has 0 saturated heterocycles. The van der Waals surface area contributed by atoms with Crippen molar-refractivity contribution in [2.24, 2.45) is 11.6 Å². The van der Waals surface area contributed by atoms with Crippen molar-refractivity contribution in [3.05, 3.63) is 96.2 Å². The van der Waals surface area contributed by atoms with E-state index in [9.17, 15) is 30.4 Å². The van der Waals surface area contributed by atoms with Crippen molar-refractivity contribution in [1.29, 1.82) is 0 Å². The zero-order valence-corrected chi connectivity index (χ0v) is 22.5. The maximum atomic E-state index is 14.1. The number of aryl methyl sites for hydroxylation is 1. The fraction of sp³-hybridized carbons (Fsp3) is 0.148. The van der Waals surface area contributed by atoms with E-state index >= 15 is 0 Å². The molecule has 1 heterocycles. The molecule has 0 bridgehead atoms. The molecule has 216 valence electrons. The maximum Gasteiger partial charge on any atom is 0.573 e. The number of halogens is 5. The number of anilines is 1. The van der Waals surface area contributed by atoms with Gasteiger partial charge in [-0.05, 0) is 66.6 Å². The number of hydrogen-bond acceptors (Lipinski definition) is 7. The number of nitrogens with zero attached hydrogens (tertiary/aromatic N) is 3. The lowest BCUT2D eigenvalue weighted by Crippen LogP contribution is -2.31. The second-order valence-electron chi connectivity index (χ2n) is 8.94. The summed E-state index contributed by atoms with van der Waals surface area (Å²) in [7, 11) is -2.86. The summed E-state index contributed by atoms with van der Waals surface area (Å²) in [5.74, 6) is 3.06. The molecule has 0 aliphatic carbocycles. The molecule has 0 fully saturated rings. The van der Waals surface area contributed by atoms with E-state index in [1.54, 1.807) is 30.3 Å². The van der Waals surface area contributed by atoms with Gasteiger partial charge in [0, 0.05) is 24.9 Å². The van der Waals surface area contributed by atoms with Crippen molar-refractivity contribution < 1.29 is 35.1 Å². The van der Waals surface area contributed by atoms with Crippen LogP contribution in [0.4, 0.5) is 27.6 Å². The third kappa shape index (κ3) is 6.66. The van der Waals surface area contributed by atoms with Gasteiger partial charge in [0.1, 0.15) is 17.3 Å². The van der Waals surface area contributed by atoms with E-state index in [2.05, 4.69) is 9.72 Å². The molecule has 0 atom stereocenters. The number of thiol groups is 1. The molecule has 1 aromatic heterocycles. The van der Waals surface area contributed by atoms with Crippen LogP contribution in [0, 0.1) is 6.92 Å². The van der Waals surface area contributed by atoms with Crippen molar-refractivity contribution in [3.63, 3.8) is 0 Å². The Kier molecular flexibility index (Phi) is 8.08. The predicted molar refractivity (Wildman–Crippen MR) is 144 cm³/mol. The molecule has 0 spiro atoms. The van der Waals surface area contributed by atoms with E-state index in [0.717, 1.165) is 23.3 Å². The van der Waals surface area contributed by atoms with Crippen LogP contribution in [0.1, 0.15) is 24.0 Å². The maximum absolute atomic E-state index is 14.1. The normalized spacial score (nSPS) is 12.6. The molecule has 8 nitrogen and oxygen atoms in total. The second-order valence-corrected chi connectivity index (χ2v) is 9.97. The summed E-state index contributed by atoms with van der Waals surface area (Å²) in [4.78, 5) is 4.05. The van der Waals surface area contributed by atoms with Crippen LogP contribution in [0.2, 0.25) is 0 Å². The Morgan fingerprint density at radius 1 is 1.00 bits per heavy atom. The first-order valence-corrected chi connectivity index (χ1v) is 13.0. The number of hydrazine groups is 1. The van der Waals surface area contributed by atoms with Gasteiger partial charge in [-0.15, -0.1) is 13.2 Å². The molecule has 0 aliphatic rings. The van der Waals surface area contributed by atoms with Crippen LogP contribution in [0.15, 0.2) is 84.0 Å². The van der Waals surface area contributed by atoms with E-state index in [4.69, 9.17) is 11.6 Å². The van der Waals surface area contributed by atoms with Gasteiger partial charge < -0.3 is 15.0 Å². The molecule has 0 aliphatic heterocycles. The Labute approximate surface area is 233 Å². The van der Waals surface area contributed by atoms with Gasteiger partial charge in [0.05, 0.1) is 22.0 Å². The number of rotatable bonds is 8. The lowest BCUT2D eigenvalue weighted by molar-refractivity contribution is -0.274. The summed E-state index contributed by atoms with van der Waals surface area (Å²) in [5.41, 5.74) is 7.48. The van der Waals surface area contributed by atoms with E-state index in [0.29, 0.717) is 29.3 Å². The highest BCUT2D eigenvalue weighted by Crippen LogP contribution is 2.36. The molecule has 4 N–H and O–H groups in total. The van der Waals surface area contributed by atoms with Gasteiger partial charge >= 0.3 is 6.36 Å². The number of aromatic nitrogens is 2. The molecule has 41 heavy (non-hydrogen) atoms. The Bertz CT molecular complexity index is 1670. The fourth-order valence-electron chi connectivity index (χ4n) is 4.10. The van der Waals surface area contributed by atoms with Gasteiger partial charge in [-0.3, -0.25) is 5.01 Å². The fourth-order valence-corrected chi connectivity index (χ4v) is 4.55. The van der Waals surface area contributed by atoms with E-state index in [1.165, 1.54) is 42.0 Å². The largest absolute Gasteiger partial charge is 0.573 e. The highest BCUT2D eigenvalue weighted by Gasteiger charge is 2.31. The summed E-state index contributed by atoms with van der Waals surface area (Å²) in [6, 6.07) is 15.8. The molecule has 0 unspecified atom stereocenters. The first kappa shape index (κ1) is 29.6. The minimum atomic E-state index is -4.88. The molecule has 4 aromatic rings. The Hall–Kier alpha value is -4.43. The summed E-state index contributed by atoms with van der Waals surface area (Å²) < 4.78 is 94.4. The zero-order valence-electron chi connectivity index (χ0n) is 21.6. The monoisotopic (exact) mass is 593 g/mol. The number of hydrogen-bond donors (Lipinski definition) is 3. The van der Waals surface area contributed by atoms with Crippen molar-refractivity contribution in [2.75, 3.05) is 5.01 Å². The molecular formula is C27H24F5N5O3S. The van der Waals surface area contributed by atoms with Gasteiger partial charge in [0.15, 0.2) is 10.7 Å². The van der Waals surface area contributed by atoms with Crippen LogP contribution in [0.25, 0.3) is 22.5 Å². The topological polar surface area (TPSA) is 116 Å². The molecular weight excluding hydrogens is 569 g/mol. The summed E-state index contributed by atoms with van der Waals surface area (Å²) >= 11 is 0. The second kappa shape index (κ2) is 11.2. The van der Waals surface area contributed by atoms with Gasteiger partial charge in [0.2, 0.25) is 0 Å². The van der Waals surface area contributed by atoms with Gasteiger partial charge in [0.25, 0.3) is 5.92 Å². The summed E-state index contributed by atoms with van der Waals surface area (Å²) in [6.45, 7) is 2.24. The van der Waals surface area contributed by atoms with Crippen molar-refractivity contribution >= 4 is 22.1 Å². The molecule has 0 radical (unpaired) electrons. The zero-order chi connectivity index (χ0) is 30.1. The van der Waals surface area contributed by atoms with E-state index in [1.807, 2.05) is 0 Å². The highest BCUT2D eigenvalue weighted by molar-refractivity contribution is 7.72. The minimum absolute atomic E-state index is 0.0803. The number of alkyl halides is 5. The summed E-state index contributed by atoms with van der Waals surface area (Å²) in [5, 5.41) is 1.14. The van der Waals surface area contributed by atoms with Gasteiger partial charge in [-0.1, -0.05) is 18.2 Å². The quantitative estimate of drug-likeness (QED) is 0.107. The Morgan fingerprint density at radius 3 is 2.22 bits per heavy atom. The van der Waals surface area contributed by atoms with Crippen LogP contribution in [-0.2, 0) is 16.6 Å². The van der Waals surface area contributed by atoms with Crippen molar-refractivity contribution in [3.8, 4) is 22.6 Å². The molecule has 0 saturated carbocycles. The van der Waals surface area contributed by atoms with Crippen LogP contribution < -0.4 is 21.3 Å². The standard InChI is InChI=1S/C27H24F5N5O3S/c1-16-35-25(26(2,28)29)15-36(16)22-11-8-19(18-4-3-5-21(12-18)41(38)39)13-23(22)37(34)24(14-33)17-6-9-20(10-7-17)40-27(30,31)32/h3-15,41H,33-34H2,1-2H3/b24-14-.